The quantitative estimate of drug-likeness (QED) is 0.512. The number of rotatable bonds is 6. The van der Waals surface area contributed by atoms with Gasteiger partial charge < -0.3 is 15.0 Å². The fourth-order valence-corrected chi connectivity index (χ4v) is 2.98. The maximum absolute atomic E-state index is 12.5. The minimum atomic E-state index is -0.171. The molecule has 0 saturated carbocycles. The lowest BCUT2D eigenvalue weighted by Gasteiger charge is -2.12. The number of carbonyl (C=O) groups excluding carboxylic acids is 1. The van der Waals surface area contributed by atoms with Gasteiger partial charge in [-0.3, -0.25) is 9.36 Å². The maximum Gasteiger partial charge on any atom is 0.255 e. The number of nitrogens with zero attached hydrogens (tertiary/aromatic N) is 5. The first kappa shape index (κ1) is 20.1. The molecule has 4 rings (SSSR count). The van der Waals surface area contributed by atoms with E-state index in [1.165, 1.54) is 6.33 Å². The van der Waals surface area contributed by atoms with E-state index in [0.29, 0.717) is 28.7 Å². The summed E-state index contributed by atoms with van der Waals surface area (Å²) >= 11 is 0. The van der Waals surface area contributed by atoms with Crippen molar-refractivity contribution in [3.05, 3.63) is 84.7 Å². The van der Waals surface area contributed by atoms with Gasteiger partial charge in [-0.25, -0.2) is 15.0 Å². The lowest BCUT2D eigenvalue weighted by Crippen LogP contribution is -2.13. The highest BCUT2D eigenvalue weighted by Crippen LogP contribution is 2.23. The van der Waals surface area contributed by atoms with Crippen molar-refractivity contribution in [1.29, 1.82) is 0 Å². The molecule has 8 nitrogen and oxygen atoms in total. The van der Waals surface area contributed by atoms with Crippen molar-refractivity contribution in [2.45, 2.75) is 6.92 Å². The fourth-order valence-electron chi connectivity index (χ4n) is 2.98. The highest BCUT2D eigenvalue weighted by atomic mass is 16.5. The molecule has 0 saturated heterocycles. The van der Waals surface area contributed by atoms with Crippen molar-refractivity contribution < 1.29 is 9.53 Å². The van der Waals surface area contributed by atoms with E-state index in [0.717, 1.165) is 11.5 Å². The van der Waals surface area contributed by atoms with Crippen LogP contribution in [0.25, 0.3) is 5.82 Å². The Hall–Kier alpha value is -4.20. The molecule has 0 spiro atoms. The second-order valence-corrected chi connectivity index (χ2v) is 7.08. The van der Waals surface area contributed by atoms with Crippen LogP contribution in [0.5, 0.6) is 11.6 Å². The molecule has 0 unspecified atom stereocenters. The van der Waals surface area contributed by atoms with Crippen LogP contribution in [0.4, 0.5) is 11.4 Å². The Balaban J connectivity index is 1.42. The van der Waals surface area contributed by atoms with Crippen LogP contribution in [0, 0.1) is 6.92 Å². The van der Waals surface area contributed by atoms with E-state index in [9.17, 15) is 4.79 Å². The minimum absolute atomic E-state index is 0.171. The van der Waals surface area contributed by atoms with Crippen molar-refractivity contribution in [2.24, 2.45) is 0 Å². The summed E-state index contributed by atoms with van der Waals surface area (Å²) in [7, 11) is 3.92. The topological polar surface area (TPSA) is 85.2 Å². The summed E-state index contributed by atoms with van der Waals surface area (Å²) < 4.78 is 7.68. The summed E-state index contributed by atoms with van der Waals surface area (Å²) in [6.07, 6.45) is 4.98. The second kappa shape index (κ2) is 8.66. The molecule has 0 atom stereocenters. The van der Waals surface area contributed by atoms with Gasteiger partial charge in [0.1, 0.15) is 23.7 Å². The first-order chi connectivity index (χ1) is 15.0. The highest BCUT2D eigenvalue weighted by molar-refractivity contribution is 6.04. The monoisotopic (exact) mass is 414 g/mol. The Morgan fingerprint density at radius 2 is 1.74 bits per heavy atom. The molecule has 0 aliphatic heterocycles. The molecule has 2 aromatic carbocycles. The van der Waals surface area contributed by atoms with Crippen molar-refractivity contribution in [3.63, 3.8) is 0 Å². The van der Waals surface area contributed by atoms with E-state index in [1.807, 2.05) is 48.8 Å². The van der Waals surface area contributed by atoms with Crippen LogP contribution in [0.1, 0.15) is 16.2 Å². The third-order valence-electron chi connectivity index (χ3n) is 4.68. The van der Waals surface area contributed by atoms with E-state index in [-0.39, 0.29) is 5.91 Å². The SMILES string of the molecule is Cc1nccn1-c1cc(Oc2ccc(NC(=O)c3ccc(N(C)C)cc3)cc2)ncn1. The molecular weight excluding hydrogens is 392 g/mol. The van der Waals surface area contributed by atoms with Crippen LogP contribution in [-0.2, 0) is 0 Å². The number of aromatic nitrogens is 4. The van der Waals surface area contributed by atoms with Gasteiger partial charge in [0.25, 0.3) is 5.91 Å². The largest absolute Gasteiger partial charge is 0.439 e. The lowest BCUT2D eigenvalue weighted by atomic mass is 10.2. The first-order valence-electron chi connectivity index (χ1n) is 9.68. The molecule has 0 bridgehead atoms. The molecule has 31 heavy (non-hydrogen) atoms. The Morgan fingerprint density at radius 1 is 1.00 bits per heavy atom. The molecule has 4 aromatic rings. The highest BCUT2D eigenvalue weighted by Gasteiger charge is 2.08. The zero-order chi connectivity index (χ0) is 21.8. The fraction of sp³-hybridized carbons (Fsp3) is 0.130. The van der Waals surface area contributed by atoms with Crippen LogP contribution in [0.15, 0.2) is 73.3 Å². The predicted octanol–water partition coefficient (Wildman–Crippen LogP) is 4.08. The molecule has 0 aliphatic rings. The molecule has 0 aliphatic carbocycles. The van der Waals surface area contributed by atoms with Crippen LogP contribution in [-0.4, -0.2) is 39.5 Å². The Labute approximate surface area is 180 Å². The maximum atomic E-state index is 12.5. The van der Waals surface area contributed by atoms with Crippen molar-refractivity contribution in [3.8, 4) is 17.4 Å². The van der Waals surface area contributed by atoms with Crippen LogP contribution >= 0.6 is 0 Å². The molecule has 1 amide bonds. The number of benzene rings is 2. The summed E-state index contributed by atoms with van der Waals surface area (Å²) in [5, 5.41) is 2.89. The number of aryl methyl sites for hydroxylation is 1. The Kier molecular flexibility index (Phi) is 5.61. The van der Waals surface area contributed by atoms with Gasteiger partial charge in [-0.1, -0.05) is 0 Å². The van der Waals surface area contributed by atoms with Crippen molar-refractivity contribution in [2.75, 3.05) is 24.3 Å². The molecule has 2 aromatic heterocycles. The van der Waals surface area contributed by atoms with Crippen LogP contribution < -0.4 is 15.0 Å². The third-order valence-corrected chi connectivity index (χ3v) is 4.68. The number of imidazole rings is 1. The number of amides is 1. The number of hydrogen-bond donors (Lipinski definition) is 1. The Bertz CT molecular complexity index is 1180. The van der Waals surface area contributed by atoms with Gasteiger partial charge >= 0.3 is 0 Å². The number of hydrogen-bond acceptors (Lipinski definition) is 6. The summed E-state index contributed by atoms with van der Waals surface area (Å²) in [6, 6.07) is 16.3. The first-order valence-corrected chi connectivity index (χ1v) is 9.68. The van der Waals surface area contributed by atoms with Gasteiger partial charge in [-0.15, -0.1) is 0 Å². The number of anilines is 2. The third kappa shape index (κ3) is 4.69. The molecule has 8 heteroatoms. The average Bonchev–Trinajstić information content (AvgIpc) is 3.21. The van der Waals surface area contributed by atoms with Crippen molar-refractivity contribution >= 4 is 17.3 Å². The van der Waals surface area contributed by atoms with Gasteiger partial charge in [-0.2, -0.15) is 0 Å². The molecule has 2 heterocycles. The van der Waals surface area contributed by atoms with E-state index >= 15 is 0 Å². The summed E-state index contributed by atoms with van der Waals surface area (Å²) in [5.41, 5.74) is 2.30. The summed E-state index contributed by atoms with van der Waals surface area (Å²) in [6.45, 7) is 1.90. The Morgan fingerprint density at radius 3 is 2.39 bits per heavy atom. The zero-order valence-electron chi connectivity index (χ0n) is 17.5. The van der Waals surface area contributed by atoms with Gasteiger partial charge in [0.15, 0.2) is 0 Å². The van der Waals surface area contributed by atoms with Gasteiger partial charge in [0, 0.05) is 49.5 Å². The van der Waals surface area contributed by atoms with E-state index < -0.39 is 0 Å². The number of nitrogens with one attached hydrogen (secondary N) is 1. The van der Waals surface area contributed by atoms with Crippen LogP contribution in [0.3, 0.4) is 0 Å². The van der Waals surface area contributed by atoms with E-state index in [2.05, 4.69) is 20.3 Å². The summed E-state index contributed by atoms with van der Waals surface area (Å²) in [4.78, 5) is 27.1. The summed E-state index contributed by atoms with van der Waals surface area (Å²) in [5.74, 6) is 2.33. The molecular formula is C23H22N6O2. The smallest absolute Gasteiger partial charge is 0.255 e. The number of ether oxygens (including phenoxy) is 1. The molecule has 1 N–H and O–H groups in total. The normalized spacial score (nSPS) is 10.5. The standard InChI is InChI=1S/C23H22N6O2/c1-16-24-12-13-29(16)21-14-22(26-15-25-21)31-20-10-6-18(7-11-20)27-23(30)17-4-8-19(9-5-17)28(2)3/h4-15H,1-3H3,(H,27,30). The molecule has 156 valence electrons. The second-order valence-electron chi connectivity index (χ2n) is 7.08. The van der Waals surface area contributed by atoms with Crippen LogP contribution in [0.2, 0.25) is 0 Å². The minimum Gasteiger partial charge on any atom is -0.439 e. The van der Waals surface area contributed by atoms with Gasteiger partial charge in [0.05, 0.1) is 0 Å². The average molecular weight is 414 g/mol. The number of carbonyl (C=O) groups is 1. The zero-order valence-corrected chi connectivity index (χ0v) is 17.5. The van der Waals surface area contributed by atoms with E-state index in [1.54, 1.807) is 48.7 Å². The van der Waals surface area contributed by atoms with E-state index in [4.69, 9.17) is 4.74 Å². The van der Waals surface area contributed by atoms with Gasteiger partial charge in [-0.05, 0) is 55.5 Å². The predicted molar refractivity (Wildman–Crippen MR) is 119 cm³/mol. The molecule has 0 fully saturated rings. The molecule has 0 radical (unpaired) electrons. The van der Waals surface area contributed by atoms with Crippen molar-refractivity contribution in [1.82, 2.24) is 19.5 Å². The van der Waals surface area contributed by atoms with Gasteiger partial charge in [0.2, 0.25) is 5.88 Å². The lowest BCUT2D eigenvalue weighted by molar-refractivity contribution is 0.102.